The van der Waals surface area contributed by atoms with Gasteiger partial charge in [-0.15, -0.1) is 0 Å². The molecule has 0 aromatic heterocycles. The van der Waals surface area contributed by atoms with E-state index in [1.54, 1.807) is 7.11 Å². The third-order valence-corrected chi connectivity index (χ3v) is 4.75. The highest BCUT2D eigenvalue weighted by Crippen LogP contribution is 2.32. The summed E-state index contributed by atoms with van der Waals surface area (Å²) in [4.78, 5) is 4.42. The molecule has 1 aliphatic carbocycles. The Morgan fingerprint density at radius 1 is 1.10 bits per heavy atom. The molecular formula is C23H31N3O3. The molecular weight excluding hydrogens is 366 g/mol. The summed E-state index contributed by atoms with van der Waals surface area (Å²) in [7, 11) is 1.66. The van der Waals surface area contributed by atoms with Crippen LogP contribution in [0.3, 0.4) is 0 Å². The average molecular weight is 398 g/mol. The third-order valence-electron chi connectivity index (χ3n) is 4.75. The van der Waals surface area contributed by atoms with Gasteiger partial charge in [0.05, 0.1) is 25.9 Å². The molecule has 0 unspecified atom stereocenters. The van der Waals surface area contributed by atoms with Crippen LogP contribution < -0.4 is 25.3 Å². The van der Waals surface area contributed by atoms with Crippen LogP contribution in [-0.2, 0) is 6.54 Å². The van der Waals surface area contributed by atoms with E-state index in [2.05, 4.69) is 10.3 Å². The Kier molecular flexibility index (Phi) is 7.22. The summed E-state index contributed by atoms with van der Waals surface area (Å²) in [6.07, 6.45) is 5.14. The number of guanidine groups is 1. The number of nitrogens with one attached hydrogen (secondary N) is 1. The maximum absolute atomic E-state index is 6.08. The van der Waals surface area contributed by atoms with E-state index in [4.69, 9.17) is 19.9 Å². The lowest BCUT2D eigenvalue weighted by atomic mass is 10.2. The highest BCUT2D eigenvalue weighted by Gasteiger charge is 2.18. The maximum atomic E-state index is 6.08. The molecule has 0 atom stereocenters. The summed E-state index contributed by atoms with van der Waals surface area (Å²) in [6, 6.07) is 13.6. The van der Waals surface area contributed by atoms with Gasteiger partial charge in [-0.05, 0) is 81.5 Å². The predicted octanol–water partition coefficient (Wildman–Crippen LogP) is 4.73. The second-order valence-corrected chi connectivity index (χ2v) is 7.53. The third kappa shape index (κ3) is 6.31. The summed E-state index contributed by atoms with van der Waals surface area (Å²) < 4.78 is 17.2. The second kappa shape index (κ2) is 10.0. The first kappa shape index (κ1) is 20.8. The standard InChI is InChI=1S/C23H31N3O3/c1-16(2)28-20-11-9-18(10-12-20)26-23(24)25-15-17-8-13-21(22(14-17)27-3)29-19-6-4-5-7-19/h8-14,16,19H,4-7,15H2,1-3H3,(H3,24,25,26). The first-order chi connectivity index (χ1) is 14.0. The van der Waals surface area contributed by atoms with E-state index in [0.29, 0.717) is 18.6 Å². The van der Waals surface area contributed by atoms with Crippen molar-refractivity contribution in [1.82, 2.24) is 0 Å². The number of anilines is 1. The summed E-state index contributed by atoms with van der Waals surface area (Å²) in [5.41, 5.74) is 7.90. The number of methoxy groups -OCH3 is 1. The van der Waals surface area contributed by atoms with E-state index in [1.807, 2.05) is 56.3 Å². The number of nitrogens with zero attached hydrogens (tertiary/aromatic N) is 1. The van der Waals surface area contributed by atoms with Gasteiger partial charge in [-0.2, -0.15) is 0 Å². The van der Waals surface area contributed by atoms with Crippen LogP contribution in [-0.4, -0.2) is 25.3 Å². The number of hydrogen-bond donors (Lipinski definition) is 2. The van der Waals surface area contributed by atoms with E-state index < -0.39 is 0 Å². The van der Waals surface area contributed by atoms with Gasteiger partial charge in [0, 0.05) is 5.69 Å². The zero-order valence-corrected chi connectivity index (χ0v) is 17.5. The second-order valence-electron chi connectivity index (χ2n) is 7.53. The Morgan fingerprint density at radius 2 is 1.83 bits per heavy atom. The zero-order chi connectivity index (χ0) is 20.6. The minimum atomic E-state index is 0.146. The van der Waals surface area contributed by atoms with Crippen LogP contribution >= 0.6 is 0 Å². The summed E-state index contributed by atoms with van der Waals surface area (Å²) >= 11 is 0. The fraction of sp³-hybridized carbons (Fsp3) is 0.435. The molecule has 29 heavy (non-hydrogen) atoms. The largest absolute Gasteiger partial charge is 0.493 e. The molecule has 1 fully saturated rings. The van der Waals surface area contributed by atoms with Gasteiger partial charge in [0.1, 0.15) is 5.75 Å². The topological polar surface area (TPSA) is 78.1 Å². The molecule has 0 spiro atoms. The van der Waals surface area contributed by atoms with E-state index in [1.165, 1.54) is 12.8 Å². The van der Waals surface area contributed by atoms with Crippen molar-refractivity contribution in [2.75, 3.05) is 12.4 Å². The van der Waals surface area contributed by atoms with Crippen molar-refractivity contribution < 1.29 is 14.2 Å². The minimum Gasteiger partial charge on any atom is -0.493 e. The fourth-order valence-corrected chi connectivity index (χ4v) is 3.35. The number of rotatable bonds is 8. The van der Waals surface area contributed by atoms with E-state index in [9.17, 15) is 0 Å². The molecule has 156 valence electrons. The van der Waals surface area contributed by atoms with E-state index in [-0.39, 0.29) is 6.10 Å². The van der Waals surface area contributed by atoms with Crippen LogP contribution in [0.25, 0.3) is 0 Å². The quantitative estimate of drug-likeness (QED) is 0.497. The van der Waals surface area contributed by atoms with Crippen molar-refractivity contribution in [3.63, 3.8) is 0 Å². The monoisotopic (exact) mass is 397 g/mol. The molecule has 0 saturated heterocycles. The van der Waals surface area contributed by atoms with Crippen molar-refractivity contribution in [2.45, 2.75) is 58.3 Å². The van der Waals surface area contributed by atoms with Crippen LogP contribution in [0.5, 0.6) is 17.2 Å². The van der Waals surface area contributed by atoms with Gasteiger partial charge in [-0.1, -0.05) is 6.07 Å². The molecule has 0 radical (unpaired) electrons. The normalized spacial score (nSPS) is 14.8. The molecule has 0 heterocycles. The van der Waals surface area contributed by atoms with Crippen molar-refractivity contribution in [3.8, 4) is 17.2 Å². The minimum absolute atomic E-state index is 0.146. The van der Waals surface area contributed by atoms with Gasteiger partial charge >= 0.3 is 0 Å². The molecule has 0 aliphatic heterocycles. The molecule has 0 amide bonds. The highest BCUT2D eigenvalue weighted by molar-refractivity contribution is 5.92. The van der Waals surface area contributed by atoms with Crippen molar-refractivity contribution in [1.29, 1.82) is 0 Å². The zero-order valence-electron chi connectivity index (χ0n) is 17.5. The molecule has 3 N–H and O–H groups in total. The summed E-state index contributed by atoms with van der Waals surface area (Å²) in [5.74, 6) is 2.71. The summed E-state index contributed by atoms with van der Waals surface area (Å²) in [6.45, 7) is 4.45. The first-order valence-corrected chi connectivity index (χ1v) is 10.2. The lowest BCUT2D eigenvalue weighted by molar-refractivity contribution is 0.200. The van der Waals surface area contributed by atoms with Crippen LogP contribution in [0.1, 0.15) is 45.1 Å². The van der Waals surface area contributed by atoms with Crippen molar-refractivity contribution in [3.05, 3.63) is 48.0 Å². The van der Waals surface area contributed by atoms with Gasteiger partial charge < -0.3 is 25.3 Å². The van der Waals surface area contributed by atoms with E-state index in [0.717, 1.165) is 41.3 Å². The fourth-order valence-electron chi connectivity index (χ4n) is 3.35. The van der Waals surface area contributed by atoms with Crippen LogP contribution in [0.4, 0.5) is 5.69 Å². The Bertz CT molecular complexity index is 813. The van der Waals surface area contributed by atoms with Crippen molar-refractivity contribution in [2.24, 2.45) is 10.7 Å². The molecule has 1 saturated carbocycles. The Morgan fingerprint density at radius 3 is 2.48 bits per heavy atom. The number of nitrogens with two attached hydrogens (primary N) is 1. The molecule has 2 aromatic carbocycles. The molecule has 6 heteroatoms. The number of benzene rings is 2. The lowest BCUT2D eigenvalue weighted by Crippen LogP contribution is -2.22. The number of ether oxygens (including phenoxy) is 3. The van der Waals surface area contributed by atoms with Gasteiger partial charge in [-0.3, -0.25) is 0 Å². The Balaban J connectivity index is 1.58. The van der Waals surface area contributed by atoms with Crippen LogP contribution in [0.15, 0.2) is 47.5 Å². The lowest BCUT2D eigenvalue weighted by Gasteiger charge is -2.16. The number of hydrogen-bond acceptors (Lipinski definition) is 4. The first-order valence-electron chi connectivity index (χ1n) is 10.2. The molecule has 2 aromatic rings. The molecule has 6 nitrogen and oxygen atoms in total. The predicted molar refractivity (Wildman–Crippen MR) is 117 cm³/mol. The van der Waals surface area contributed by atoms with Crippen molar-refractivity contribution >= 4 is 11.6 Å². The smallest absolute Gasteiger partial charge is 0.193 e. The van der Waals surface area contributed by atoms with Crippen LogP contribution in [0, 0.1) is 0 Å². The van der Waals surface area contributed by atoms with Crippen LogP contribution in [0.2, 0.25) is 0 Å². The highest BCUT2D eigenvalue weighted by atomic mass is 16.5. The van der Waals surface area contributed by atoms with Gasteiger partial charge in [0.15, 0.2) is 17.5 Å². The molecule has 1 aliphatic rings. The maximum Gasteiger partial charge on any atom is 0.193 e. The number of aliphatic imine (C=N–C) groups is 1. The average Bonchev–Trinajstić information content (AvgIpc) is 3.21. The molecule has 3 rings (SSSR count). The summed E-state index contributed by atoms with van der Waals surface area (Å²) in [5, 5.41) is 3.10. The van der Waals surface area contributed by atoms with Gasteiger partial charge in [-0.25, -0.2) is 4.99 Å². The van der Waals surface area contributed by atoms with Gasteiger partial charge in [0.25, 0.3) is 0 Å². The Hall–Kier alpha value is -2.89. The van der Waals surface area contributed by atoms with Gasteiger partial charge in [0.2, 0.25) is 0 Å². The molecule has 0 bridgehead atoms. The SMILES string of the molecule is COc1cc(CN=C(N)Nc2ccc(OC(C)C)cc2)ccc1OC1CCCC1. The Labute approximate surface area is 173 Å². The van der Waals surface area contributed by atoms with E-state index >= 15 is 0 Å².